The van der Waals surface area contributed by atoms with Crippen LogP contribution in [0.5, 0.6) is 0 Å². The molecular formula is C19H19N3O3. The zero-order valence-electron chi connectivity index (χ0n) is 14.4. The third-order valence-electron chi connectivity index (χ3n) is 5.38. The molecule has 2 aliphatic heterocycles. The molecule has 128 valence electrons. The normalized spacial score (nSPS) is 19.8. The van der Waals surface area contributed by atoms with Gasteiger partial charge in [-0.2, -0.15) is 0 Å². The largest absolute Gasteiger partial charge is 0.372 e. The van der Waals surface area contributed by atoms with Gasteiger partial charge in [-0.15, -0.1) is 0 Å². The summed E-state index contributed by atoms with van der Waals surface area (Å²) in [6.07, 6.45) is 0.283. The summed E-state index contributed by atoms with van der Waals surface area (Å²) in [5.41, 5.74) is 0.655. The number of imide groups is 2. The molecule has 6 heteroatoms. The molecule has 4 rings (SSSR count). The van der Waals surface area contributed by atoms with Crippen LogP contribution in [0.4, 0.5) is 10.5 Å². The zero-order chi connectivity index (χ0) is 17.9. The second kappa shape index (κ2) is 5.05. The van der Waals surface area contributed by atoms with E-state index in [-0.39, 0.29) is 13.0 Å². The van der Waals surface area contributed by atoms with Gasteiger partial charge in [-0.1, -0.05) is 30.3 Å². The molecule has 6 nitrogen and oxygen atoms in total. The number of carbonyl (C=O) groups is 3. The third kappa shape index (κ3) is 1.94. The van der Waals surface area contributed by atoms with Gasteiger partial charge in [-0.05, 0) is 23.4 Å². The lowest BCUT2D eigenvalue weighted by Gasteiger charge is -2.42. The van der Waals surface area contributed by atoms with Gasteiger partial charge in [0.25, 0.3) is 0 Å². The van der Waals surface area contributed by atoms with Gasteiger partial charge in [0.1, 0.15) is 0 Å². The van der Waals surface area contributed by atoms with Crippen molar-refractivity contribution in [1.82, 2.24) is 9.80 Å². The first-order chi connectivity index (χ1) is 11.9. The Balaban J connectivity index is 1.96. The van der Waals surface area contributed by atoms with E-state index in [9.17, 15) is 14.4 Å². The lowest BCUT2D eigenvalue weighted by Crippen LogP contribution is -2.66. The molecule has 2 aliphatic rings. The summed E-state index contributed by atoms with van der Waals surface area (Å²) < 4.78 is 0. The predicted molar refractivity (Wildman–Crippen MR) is 94.3 cm³/mol. The number of barbiturate groups is 1. The molecule has 25 heavy (non-hydrogen) atoms. The second-order valence-corrected chi connectivity index (χ2v) is 6.92. The van der Waals surface area contributed by atoms with Crippen molar-refractivity contribution in [2.75, 3.05) is 32.6 Å². The Morgan fingerprint density at radius 3 is 2.12 bits per heavy atom. The summed E-state index contributed by atoms with van der Waals surface area (Å²) in [6.45, 7) is 0.237. The number of anilines is 1. The van der Waals surface area contributed by atoms with Crippen molar-refractivity contribution >= 4 is 34.3 Å². The predicted octanol–water partition coefficient (Wildman–Crippen LogP) is 1.87. The molecule has 4 amide bonds. The average molecular weight is 337 g/mol. The monoisotopic (exact) mass is 337 g/mol. The van der Waals surface area contributed by atoms with Crippen molar-refractivity contribution in [3.63, 3.8) is 0 Å². The summed E-state index contributed by atoms with van der Waals surface area (Å²) >= 11 is 0. The minimum atomic E-state index is -1.29. The van der Waals surface area contributed by atoms with E-state index in [1.807, 2.05) is 48.3 Å². The molecule has 0 aromatic heterocycles. The molecule has 0 radical (unpaired) electrons. The van der Waals surface area contributed by atoms with Gasteiger partial charge in [0.2, 0.25) is 11.8 Å². The maximum Gasteiger partial charge on any atom is 0.332 e. The van der Waals surface area contributed by atoms with Gasteiger partial charge >= 0.3 is 6.03 Å². The van der Waals surface area contributed by atoms with Gasteiger partial charge < -0.3 is 4.90 Å². The van der Waals surface area contributed by atoms with E-state index in [0.717, 1.165) is 31.8 Å². The van der Waals surface area contributed by atoms with Gasteiger partial charge in [0, 0.05) is 38.8 Å². The first-order valence-corrected chi connectivity index (χ1v) is 8.19. The fourth-order valence-corrected chi connectivity index (χ4v) is 4.15. The molecule has 1 fully saturated rings. The van der Waals surface area contributed by atoms with Crippen molar-refractivity contribution in [3.8, 4) is 0 Å². The van der Waals surface area contributed by atoms with E-state index in [0.29, 0.717) is 0 Å². The van der Waals surface area contributed by atoms with Gasteiger partial charge in [-0.25, -0.2) is 4.79 Å². The quantitative estimate of drug-likeness (QED) is 0.689. The van der Waals surface area contributed by atoms with Crippen LogP contribution >= 0.6 is 0 Å². The van der Waals surface area contributed by atoms with Crippen LogP contribution in [0.2, 0.25) is 0 Å². The van der Waals surface area contributed by atoms with Crippen LogP contribution in [0.25, 0.3) is 10.8 Å². The number of benzene rings is 2. The number of rotatable bonds is 0. The van der Waals surface area contributed by atoms with E-state index >= 15 is 0 Å². The number of hydrogen-bond acceptors (Lipinski definition) is 4. The highest BCUT2D eigenvalue weighted by molar-refractivity contribution is 6.20. The molecule has 0 saturated carbocycles. The van der Waals surface area contributed by atoms with Crippen LogP contribution in [0.15, 0.2) is 36.4 Å². The highest BCUT2D eigenvalue weighted by Gasteiger charge is 2.56. The molecular weight excluding hydrogens is 318 g/mol. The minimum absolute atomic E-state index is 0.237. The fourth-order valence-electron chi connectivity index (χ4n) is 4.15. The Bertz CT molecular complexity index is 907. The second-order valence-electron chi connectivity index (χ2n) is 6.92. The van der Waals surface area contributed by atoms with Crippen molar-refractivity contribution < 1.29 is 14.4 Å². The van der Waals surface area contributed by atoms with Crippen molar-refractivity contribution in [2.24, 2.45) is 5.41 Å². The van der Waals surface area contributed by atoms with Crippen LogP contribution in [-0.2, 0) is 16.0 Å². The average Bonchev–Trinajstić information content (AvgIpc) is 2.75. The third-order valence-corrected chi connectivity index (χ3v) is 5.38. The van der Waals surface area contributed by atoms with Crippen molar-refractivity contribution in [3.05, 3.63) is 42.0 Å². The SMILES string of the molecule is CN1C(=O)N(C)C(=O)C2(Cc3cccc4cccc(c34)N(C)C2)C1=O. The first kappa shape index (κ1) is 15.6. The molecule has 0 N–H and O–H groups in total. The van der Waals surface area contributed by atoms with Crippen LogP contribution in [0.3, 0.4) is 0 Å². The standard InChI is InChI=1S/C19H19N3O3/c1-20-11-19(16(23)21(2)18(25)22(3)17(19)24)10-13-8-4-6-12-7-5-9-14(20)15(12)13/h4-9H,10-11H2,1-3H3. The van der Waals surface area contributed by atoms with Crippen LogP contribution < -0.4 is 4.90 Å². The summed E-state index contributed by atoms with van der Waals surface area (Å²) in [5.74, 6) is -0.866. The van der Waals surface area contributed by atoms with E-state index in [1.54, 1.807) is 0 Å². The zero-order valence-corrected chi connectivity index (χ0v) is 14.4. The maximum absolute atomic E-state index is 13.1. The Kier molecular flexibility index (Phi) is 3.16. The molecule has 2 aromatic carbocycles. The summed E-state index contributed by atoms with van der Waals surface area (Å²) in [5, 5.41) is 2.14. The lowest BCUT2D eigenvalue weighted by atomic mass is 9.77. The minimum Gasteiger partial charge on any atom is -0.372 e. The maximum atomic E-state index is 13.1. The summed E-state index contributed by atoms with van der Waals surface area (Å²) in [7, 11) is 4.76. The van der Waals surface area contributed by atoms with Gasteiger partial charge in [0.05, 0.1) is 0 Å². The molecule has 1 spiro atoms. The number of urea groups is 1. The van der Waals surface area contributed by atoms with Gasteiger partial charge in [0.15, 0.2) is 5.41 Å². The number of nitrogens with zero attached hydrogens (tertiary/aromatic N) is 3. The molecule has 0 atom stereocenters. The Labute approximate surface area is 145 Å². The smallest absolute Gasteiger partial charge is 0.332 e. The number of carbonyl (C=O) groups excluding carboxylic acids is 3. The molecule has 0 bridgehead atoms. The van der Waals surface area contributed by atoms with Crippen LogP contribution in [0.1, 0.15) is 5.56 Å². The Morgan fingerprint density at radius 2 is 1.48 bits per heavy atom. The molecule has 0 aliphatic carbocycles. The lowest BCUT2D eigenvalue weighted by molar-refractivity contribution is -0.156. The summed E-state index contributed by atoms with van der Waals surface area (Å²) in [4.78, 5) is 42.4. The van der Waals surface area contributed by atoms with E-state index < -0.39 is 23.3 Å². The number of amides is 4. The highest BCUT2D eigenvalue weighted by atomic mass is 16.2. The fraction of sp³-hybridized carbons (Fsp3) is 0.316. The van der Waals surface area contributed by atoms with Crippen molar-refractivity contribution in [1.29, 1.82) is 0 Å². The molecule has 2 heterocycles. The van der Waals surface area contributed by atoms with Crippen molar-refractivity contribution in [2.45, 2.75) is 6.42 Å². The molecule has 0 unspecified atom stereocenters. The Morgan fingerprint density at radius 1 is 0.880 bits per heavy atom. The highest BCUT2D eigenvalue weighted by Crippen LogP contribution is 2.41. The van der Waals surface area contributed by atoms with Crippen LogP contribution in [0, 0.1) is 5.41 Å². The topological polar surface area (TPSA) is 60.9 Å². The molecule has 1 saturated heterocycles. The van der Waals surface area contributed by atoms with E-state index in [4.69, 9.17) is 0 Å². The number of hydrogen-bond donors (Lipinski definition) is 0. The Hall–Kier alpha value is -2.89. The molecule has 2 aromatic rings. The summed E-state index contributed by atoms with van der Waals surface area (Å²) in [6, 6.07) is 11.4. The van der Waals surface area contributed by atoms with E-state index in [2.05, 4.69) is 0 Å². The van der Waals surface area contributed by atoms with Crippen LogP contribution in [-0.4, -0.2) is 55.3 Å². The van der Waals surface area contributed by atoms with E-state index in [1.165, 1.54) is 14.1 Å². The van der Waals surface area contributed by atoms with Gasteiger partial charge in [-0.3, -0.25) is 19.4 Å². The first-order valence-electron chi connectivity index (χ1n) is 8.19.